The number of hydrogen-bond donors (Lipinski definition) is 5. The molecule has 0 radical (unpaired) electrons. The summed E-state index contributed by atoms with van der Waals surface area (Å²) in [6.45, 7) is 31.5. The lowest BCUT2D eigenvalue weighted by molar-refractivity contribution is -0.191. The number of aromatic amines is 1. The summed E-state index contributed by atoms with van der Waals surface area (Å²) in [6, 6.07) is 44.3. The van der Waals surface area contributed by atoms with Gasteiger partial charge in [-0.1, -0.05) is 130 Å². The monoisotopic (exact) mass is 2350 g/mol. The number of ether oxygens (including phenoxy) is 7. The molecule has 0 bridgehead atoms. The van der Waals surface area contributed by atoms with Crippen LogP contribution < -0.4 is 55.6 Å². The number of aromatic nitrogens is 5. The summed E-state index contributed by atoms with van der Waals surface area (Å²) in [5.74, 6) is 2.22. The van der Waals surface area contributed by atoms with Crippen LogP contribution >= 0.6 is 106 Å². The van der Waals surface area contributed by atoms with Gasteiger partial charge in [-0.3, -0.25) is 33.6 Å². The Kier molecular flexibility index (Phi) is 49.7. The van der Waals surface area contributed by atoms with Crippen LogP contribution in [0.25, 0.3) is 44.9 Å². The number of fused-ring (bicyclic) bond motifs is 1. The van der Waals surface area contributed by atoms with Crippen LogP contribution in [0, 0.1) is 0 Å². The Labute approximate surface area is 910 Å². The number of aliphatic hydroxyl groups is 2. The molecule has 12 rings (SSSR count). The van der Waals surface area contributed by atoms with Crippen molar-refractivity contribution >= 4 is 194 Å². The van der Waals surface area contributed by atoms with Gasteiger partial charge in [0.05, 0.1) is 97.4 Å². The van der Waals surface area contributed by atoms with E-state index >= 15 is 0 Å². The minimum atomic E-state index is -1.84. The first kappa shape index (κ1) is 127. The maximum absolute atomic E-state index is 13.0. The minimum absolute atomic E-state index is 0.0254. The minimum Gasteiger partial charge on any atom is -0.497 e. The van der Waals surface area contributed by atoms with Gasteiger partial charge in [0.15, 0.2) is 34.5 Å². The second kappa shape index (κ2) is 57.7. The van der Waals surface area contributed by atoms with Gasteiger partial charge < -0.3 is 97.6 Å². The first-order valence-corrected chi connectivity index (χ1v) is 55.2. The largest absolute Gasteiger partial charge is 0.497 e. The number of H-pyrrole nitrogens is 1. The van der Waals surface area contributed by atoms with E-state index in [0.29, 0.717) is 160 Å². The fraction of sp³-hybridized carbons (Fsp3) is 0.359. The molecule has 1 aliphatic rings. The highest BCUT2D eigenvalue weighted by molar-refractivity contribution is 9.11. The van der Waals surface area contributed by atoms with E-state index < -0.39 is 46.4 Å². The van der Waals surface area contributed by atoms with Crippen LogP contribution in [0.1, 0.15) is 137 Å². The third kappa shape index (κ3) is 36.5. The van der Waals surface area contributed by atoms with Gasteiger partial charge in [-0.25, -0.2) is 19.9 Å². The third-order valence-electron chi connectivity index (χ3n) is 23.0. The molecule has 0 aliphatic carbocycles. The van der Waals surface area contributed by atoms with Gasteiger partial charge in [0.25, 0.3) is 35.1 Å². The zero-order chi connectivity index (χ0) is 111. The topological polar surface area (TPSA) is 428 Å². The van der Waals surface area contributed by atoms with Gasteiger partial charge in [0.2, 0.25) is 5.88 Å². The van der Waals surface area contributed by atoms with Crippen LogP contribution in [0.15, 0.2) is 176 Å². The van der Waals surface area contributed by atoms with Crippen molar-refractivity contribution in [2.24, 2.45) is 5.73 Å². The lowest BCUT2D eigenvalue weighted by Crippen LogP contribution is -2.41. The van der Waals surface area contributed by atoms with Crippen molar-refractivity contribution in [1.82, 2.24) is 44.5 Å². The number of pyridine rings is 3. The fourth-order valence-electron chi connectivity index (χ4n) is 12.3. The predicted octanol–water partition coefficient (Wildman–Crippen LogP) is 20.5. The van der Waals surface area contributed by atoms with Crippen LogP contribution in [0.2, 0.25) is 61.4 Å². The Balaban J connectivity index is 0.000000313. The summed E-state index contributed by atoms with van der Waals surface area (Å²) in [5, 5.41) is 21.9. The molecule has 147 heavy (non-hydrogen) atoms. The number of nitrogens with two attached hydrogens (primary N) is 2. The molecule has 0 atom stereocenters. The molecule has 4 aromatic heterocycles. The molecule has 792 valence electrons. The van der Waals surface area contributed by atoms with Crippen molar-refractivity contribution in [2.75, 3.05) is 130 Å². The van der Waals surface area contributed by atoms with Crippen molar-refractivity contribution in [1.29, 1.82) is 0 Å². The van der Waals surface area contributed by atoms with E-state index in [0.717, 1.165) is 19.4 Å². The lowest BCUT2D eigenvalue weighted by atomic mass is 9.78. The van der Waals surface area contributed by atoms with Crippen molar-refractivity contribution in [3.05, 3.63) is 246 Å². The second-order valence-corrected chi connectivity index (χ2v) is 51.0. The Bertz CT molecular complexity index is 6460. The number of nitrogens with zero attached hydrogens (tertiary/aromatic N) is 8. The highest BCUT2D eigenvalue weighted by Crippen LogP contribution is 2.43. The van der Waals surface area contributed by atoms with Gasteiger partial charge in [0.1, 0.15) is 86.9 Å². The van der Waals surface area contributed by atoms with Gasteiger partial charge in [-0.05, 0) is 227 Å². The molecule has 33 nitrogen and oxygen atoms in total. The maximum Gasteiger partial charge on any atom is 0.496 e. The van der Waals surface area contributed by atoms with Crippen molar-refractivity contribution < 1.29 is 99.9 Å². The fourth-order valence-corrected chi connectivity index (χ4v) is 16.4. The number of methoxy groups -OCH3 is 4. The molecular formula is C103H126BBr3Cl5N11O22Si2. The number of hydrogen-bond acceptors (Lipinski definition) is 27. The van der Waals surface area contributed by atoms with Gasteiger partial charge in [-0.15, -0.1) is 0 Å². The van der Waals surface area contributed by atoms with E-state index in [1.165, 1.54) is 47.0 Å². The number of nitrogens with one attached hydrogen (secondary N) is 1. The van der Waals surface area contributed by atoms with E-state index in [-0.39, 0.29) is 87.2 Å². The molecule has 7 N–H and O–H groups in total. The smallest absolute Gasteiger partial charge is 0.496 e. The summed E-state index contributed by atoms with van der Waals surface area (Å²) >= 11 is 40.7. The molecule has 5 amide bonds. The van der Waals surface area contributed by atoms with E-state index in [1.54, 1.807) is 185 Å². The van der Waals surface area contributed by atoms with Crippen LogP contribution in [0.3, 0.4) is 0 Å². The normalized spacial score (nSPS) is 12.1. The average molecular weight is 2350 g/mol. The standard InChI is InChI=1S/C26H25ClN4O6.C23H33ClN2O4Si.C15H21BClNO3.C14H22BrNO3Si.C9H9BrClNO.C9H12N2O3.C6H4BrCl.CO2/c1-31(2)26(35)15-4-5-16(17(27)12-15)23-20(37-9-8-32)7-6-18(28-23)24-29-19-10-14(13-33)11-21(36-3)22(19)25(34)30-24;1-23(2,3)31(7,8)30-14-13-29-19-11-12-20(28-6)25-21(19)17-10-9-16(15-18(17)24)22(27)26(4)5;1-14(2)15(3,4)21-16(20-14)11-8-7-10(9-12(11)17)13(19)18(5)6;1-14(2,3)20(4,5)19-9-8-18-12-7-6-11(10-17)16-13(12)15;1-12(2)9(13)6-3-4-7(10)8(11)5-6;1-13-5-3-6(10)8(9(11)12)7(4-5)14-2;7-5-3-1-2-4-6(5)8;2-1-3/h4-7,10-12,32-33H,8-9,13H2,1-3H3,(H,29,30,34);9-12,15H,13-14H2,1-8H3;7-9H,1-6H3;6-7,10H,8-9H2,1-5H3;3-5H,1-2H3;3-4H,10H2,1-2H3,(H2,11,12);1-4H;. The Morgan fingerprint density at radius 3 is 1.36 bits per heavy atom. The van der Waals surface area contributed by atoms with Crippen LogP contribution in [0.4, 0.5) is 5.69 Å². The summed E-state index contributed by atoms with van der Waals surface area (Å²) < 4.78 is 64.3. The molecule has 1 fully saturated rings. The summed E-state index contributed by atoms with van der Waals surface area (Å²) in [6.07, 6.45) is 0.953. The number of anilines is 1. The SMILES string of the molecule is CC(C)(C)[Si](C)(C)OCCOc1ccc(C=O)nc1Br.CN(C)C(=O)c1ccc(B2OC(C)(C)C(C)(C)O2)c(Cl)c1.CN(C)C(=O)c1ccc(Br)c(Cl)c1.COc1cc(CO)cc2nc(-c3ccc(OCCO)c(-c4ccc(C(=O)N(C)C)cc4Cl)n3)[nH]c(=O)c12.COc1cc(N)c(C(N)=O)c(OC)c1.COc1ccc(OCCO[Si](C)(C)C(C)(C)C)c(-c2ccc(C(=O)N(C)C)cc2Cl)n1.Clc1ccccc1Br.O=C=O. The maximum atomic E-state index is 13.0. The number of nitrogen functional groups attached to an aromatic ring is 1. The van der Waals surface area contributed by atoms with Gasteiger partial charge >= 0.3 is 13.3 Å². The number of halogens is 8. The van der Waals surface area contributed by atoms with Crippen molar-refractivity contribution in [3.63, 3.8) is 0 Å². The van der Waals surface area contributed by atoms with E-state index in [1.807, 2.05) is 58.0 Å². The molecule has 0 unspecified atom stereocenters. The highest BCUT2D eigenvalue weighted by atomic mass is 79.9. The second-order valence-electron chi connectivity index (χ2n) is 36.9. The number of rotatable bonds is 28. The van der Waals surface area contributed by atoms with Crippen LogP contribution in [-0.4, -0.2) is 256 Å². The van der Waals surface area contributed by atoms with E-state index in [9.17, 15) is 43.8 Å². The molecule has 1 aliphatic heterocycles. The van der Waals surface area contributed by atoms with Crippen LogP contribution in [-0.2, 0) is 34.4 Å². The molecule has 1 saturated heterocycles. The number of amides is 5. The summed E-state index contributed by atoms with van der Waals surface area (Å²) in [7, 11) is 15.3. The molecule has 0 saturated carbocycles. The number of aliphatic hydroxyl groups excluding tert-OH is 2. The van der Waals surface area contributed by atoms with Gasteiger partial charge in [-0.2, -0.15) is 9.59 Å². The molecular weight excluding hydrogens is 2230 g/mol. The highest BCUT2D eigenvalue weighted by Gasteiger charge is 2.52. The lowest BCUT2D eigenvalue weighted by Gasteiger charge is -2.36. The van der Waals surface area contributed by atoms with Crippen molar-refractivity contribution in [3.8, 4) is 74.4 Å². The molecule has 44 heteroatoms. The number of carbonyl (C=O) groups excluding carboxylic acids is 8. The molecule has 11 aromatic rings. The van der Waals surface area contributed by atoms with Crippen LogP contribution in [0.5, 0.6) is 40.4 Å². The zero-order valence-electron chi connectivity index (χ0n) is 86.9. The van der Waals surface area contributed by atoms with Crippen molar-refractivity contribution in [2.45, 2.75) is 123 Å². The predicted molar refractivity (Wildman–Crippen MR) is 592 cm³/mol. The summed E-state index contributed by atoms with van der Waals surface area (Å²) in [5.41, 5.74) is 16.3. The Morgan fingerprint density at radius 2 is 0.952 bits per heavy atom. The number of benzene rings is 7. The van der Waals surface area contributed by atoms with E-state index in [2.05, 4.69) is 140 Å². The molecule has 0 spiro atoms. The third-order valence-corrected chi connectivity index (χ3v) is 36.1. The Hall–Kier alpha value is -10.9. The van der Waals surface area contributed by atoms with E-state index in [4.69, 9.17) is 130 Å². The molecule has 5 heterocycles. The first-order valence-electron chi connectivity index (χ1n) is 45.1. The average Bonchev–Trinajstić information content (AvgIpc) is 1.12. The first-order chi connectivity index (χ1) is 68.7. The number of carbonyl (C=O) groups is 6. The number of aldehydes is 1. The number of primary amides is 1. The molecule has 7 aromatic carbocycles. The Morgan fingerprint density at radius 1 is 0.510 bits per heavy atom. The quantitative estimate of drug-likeness (QED) is 0.00999. The van der Waals surface area contributed by atoms with Gasteiger partial charge in [0, 0.05) is 127 Å². The zero-order valence-corrected chi connectivity index (χ0v) is 97.5. The summed E-state index contributed by atoms with van der Waals surface area (Å²) in [4.78, 5) is 125.